The molecule has 0 aliphatic rings. The second kappa shape index (κ2) is 4.71. The Balaban J connectivity index is 3.09. The molecule has 0 saturated carbocycles. The van der Waals surface area contributed by atoms with Crippen molar-refractivity contribution in [1.82, 2.24) is 0 Å². The van der Waals surface area contributed by atoms with Gasteiger partial charge >= 0.3 is 0 Å². The van der Waals surface area contributed by atoms with Gasteiger partial charge in [0.15, 0.2) is 0 Å². The fourth-order valence-electron chi connectivity index (χ4n) is 2.89. The van der Waals surface area contributed by atoms with E-state index in [-0.39, 0.29) is 0 Å². The molecule has 0 unspecified atom stereocenters. The van der Waals surface area contributed by atoms with E-state index in [4.69, 9.17) is 11.5 Å². The molecule has 2 aromatic rings. The Morgan fingerprint density at radius 2 is 1.44 bits per heavy atom. The van der Waals surface area contributed by atoms with Crippen LogP contribution < -0.4 is 11.5 Å². The lowest BCUT2D eigenvalue weighted by Crippen LogP contribution is -2.08. The van der Waals surface area contributed by atoms with Gasteiger partial charge < -0.3 is 11.5 Å². The summed E-state index contributed by atoms with van der Waals surface area (Å²) in [5.41, 5.74) is 19.6. The van der Waals surface area contributed by atoms with Gasteiger partial charge in [-0.15, -0.1) is 0 Å². The van der Waals surface area contributed by atoms with Crippen LogP contribution in [0, 0.1) is 27.7 Å². The minimum absolute atomic E-state index is 0.561. The van der Waals surface area contributed by atoms with Crippen molar-refractivity contribution in [2.75, 3.05) is 0 Å². The van der Waals surface area contributed by atoms with Gasteiger partial charge in [0.05, 0.1) is 0 Å². The molecule has 0 fully saturated rings. The first-order chi connectivity index (χ1) is 8.52. The topological polar surface area (TPSA) is 52.0 Å². The Morgan fingerprint density at radius 3 is 2.00 bits per heavy atom. The van der Waals surface area contributed by atoms with E-state index >= 15 is 0 Å². The van der Waals surface area contributed by atoms with Gasteiger partial charge in [0, 0.05) is 13.1 Å². The van der Waals surface area contributed by atoms with Crippen LogP contribution in [0.1, 0.15) is 33.4 Å². The fourth-order valence-corrected chi connectivity index (χ4v) is 2.89. The van der Waals surface area contributed by atoms with Crippen LogP contribution in [0.4, 0.5) is 0 Å². The first-order valence-electron chi connectivity index (χ1n) is 6.43. The Morgan fingerprint density at radius 1 is 0.778 bits per heavy atom. The minimum Gasteiger partial charge on any atom is -0.326 e. The van der Waals surface area contributed by atoms with Gasteiger partial charge in [-0.1, -0.05) is 12.1 Å². The van der Waals surface area contributed by atoms with E-state index in [1.54, 1.807) is 0 Å². The SMILES string of the molecule is Cc1c(C)c(CN)c2c(CN)ccc(C)c2c1C. The molecule has 2 nitrogen and oxygen atoms in total. The molecule has 4 N–H and O–H groups in total. The van der Waals surface area contributed by atoms with Crippen molar-refractivity contribution in [3.8, 4) is 0 Å². The van der Waals surface area contributed by atoms with E-state index in [9.17, 15) is 0 Å². The summed E-state index contributed by atoms with van der Waals surface area (Å²) in [7, 11) is 0. The normalized spacial score (nSPS) is 11.2. The predicted molar refractivity (Wildman–Crippen MR) is 78.7 cm³/mol. The molecular formula is C16H22N2. The maximum absolute atomic E-state index is 5.97. The highest BCUT2D eigenvalue weighted by Crippen LogP contribution is 2.33. The second-order valence-electron chi connectivity index (χ2n) is 5.05. The molecule has 96 valence electrons. The van der Waals surface area contributed by atoms with Gasteiger partial charge in [0.1, 0.15) is 0 Å². The lowest BCUT2D eigenvalue weighted by atomic mass is 9.86. The molecule has 0 aromatic heterocycles. The van der Waals surface area contributed by atoms with E-state index in [1.165, 1.54) is 44.2 Å². The molecule has 0 heterocycles. The van der Waals surface area contributed by atoms with Crippen molar-refractivity contribution in [3.63, 3.8) is 0 Å². The largest absolute Gasteiger partial charge is 0.326 e. The van der Waals surface area contributed by atoms with Gasteiger partial charge in [0.2, 0.25) is 0 Å². The molecule has 18 heavy (non-hydrogen) atoms. The van der Waals surface area contributed by atoms with Crippen LogP contribution in [0.15, 0.2) is 12.1 Å². The predicted octanol–water partition coefficient (Wildman–Crippen LogP) is 2.99. The Labute approximate surface area is 109 Å². The number of benzene rings is 2. The number of fused-ring (bicyclic) bond motifs is 1. The average Bonchev–Trinajstić information content (AvgIpc) is 2.37. The van der Waals surface area contributed by atoms with Gasteiger partial charge in [0.25, 0.3) is 0 Å². The third kappa shape index (κ3) is 1.73. The van der Waals surface area contributed by atoms with Crippen LogP contribution in [0.3, 0.4) is 0 Å². The van der Waals surface area contributed by atoms with E-state index in [0.717, 1.165) is 0 Å². The molecule has 0 atom stereocenters. The van der Waals surface area contributed by atoms with Crippen LogP contribution in [0.2, 0.25) is 0 Å². The summed E-state index contributed by atoms with van der Waals surface area (Å²) in [6.45, 7) is 9.82. The van der Waals surface area contributed by atoms with Crippen LogP contribution in [-0.2, 0) is 13.1 Å². The standard InChI is InChI=1S/C16H22N2/c1-9-5-6-13(7-17)16-14(8-18)11(3)10(2)12(4)15(9)16/h5-6H,7-8,17-18H2,1-4H3. The van der Waals surface area contributed by atoms with Crippen LogP contribution >= 0.6 is 0 Å². The summed E-state index contributed by atoms with van der Waals surface area (Å²) in [6, 6.07) is 4.29. The van der Waals surface area contributed by atoms with Crippen molar-refractivity contribution in [2.45, 2.75) is 40.8 Å². The summed E-state index contributed by atoms with van der Waals surface area (Å²) in [5.74, 6) is 0. The lowest BCUT2D eigenvalue weighted by molar-refractivity contribution is 1.03. The Hall–Kier alpha value is -1.38. The van der Waals surface area contributed by atoms with Gasteiger partial charge in [-0.25, -0.2) is 0 Å². The highest BCUT2D eigenvalue weighted by molar-refractivity contribution is 5.95. The molecule has 2 heteroatoms. The molecule has 0 saturated heterocycles. The summed E-state index contributed by atoms with van der Waals surface area (Å²) in [6.07, 6.45) is 0. The number of rotatable bonds is 2. The molecule has 0 radical (unpaired) electrons. The maximum atomic E-state index is 5.97. The molecule has 0 amide bonds. The summed E-state index contributed by atoms with van der Waals surface area (Å²) in [5, 5.41) is 2.61. The van der Waals surface area contributed by atoms with Crippen molar-refractivity contribution in [2.24, 2.45) is 11.5 Å². The molecule has 2 rings (SSSR count). The highest BCUT2D eigenvalue weighted by Gasteiger charge is 2.14. The van der Waals surface area contributed by atoms with E-state index in [1.807, 2.05) is 0 Å². The third-order valence-electron chi connectivity index (χ3n) is 4.18. The third-order valence-corrected chi connectivity index (χ3v) is 4.18. The van der Waals surface area contributed by atoms with E-state index in [2.05, 4.69) is 39.8 Å². The minimum atomic E-state index is 0.561. The van der Waals surface area contributed by atoms with Gasteiger partial charge in [-0.2, -0.15) is 0 Å². The summed E-state index contributed by atoms with van der Waals surface area (Å²) < 4.78 is 0. The monoisotopic (exact) mass is 242 g/mol. The van der Waals surface area contributed by atoms with Gasteiger partial charge in [-0.3, -0.25) is 0 Å². The zero-order valence-corrected chi connectivity index (χ0v) is 11.7. The lowest BCUT2D eigenvalue weighted by Gasteiger charge is -2.19. The zero-order chi connectivity index (χ0) is 13.4. The number of aryl methyl sites for hydroxylation is 2. The second-order valence-corrected chi connectivity index (χ2v) is 5.05. The summed E-state index contributed by atoms with van der Waals surface area (Å²) >= 11 is 0. The zero-order valence-electron chi connectivity index (χ0n) is 11.7. The number of hydrogen-bond donors (Lipinski definition) is 2. The van der Waals surface area contributed by atoms with Crippen molar-refractivity contribution < 1.29 is 0 Å². The molecular weight excluding hydrogens is 220 g/mol. The Kier molecular flexibility index (Phi) is 3.42. The average molecular weight is 242 g/mol. The first-order valence-corrected chi connectivity index (χ1v) is 6.43. The van der Waals surface area contributed by atoms with Crippen molar-refractivity contribution >= 4 is 10.8 Å². The first kappa shape index (κ1) is 13.1. The maximum Gasteiger partial charge on any atom is 0.0187 e. The molecule has 0 spiro atoms. The molecule has 0 aliphatic heterocycles. The van der Waals surface area contributed by atoms with Gasteiger partial charge in [-0.05, 0) is 71.8 Å². The van der Waals surface area contributed by atoms with Crippen molar-refractivity contribution in [1.29, 1.82) is 0 Å². The smallest absolute Gasteiger partial charge is 0.0187 e. The summed E-state index contributed by atoms with van der Waals surface area (Å²) in [4.78, 5) is 0. The van der Waals surface area contributed by atoms with E-state index in [0.29, 0.717) is 13.1 Å². The Bertz CT molecular complexity index is 613. The molecule has 2 aromatic carbocycles. The number of nitrogens with two attached hydrogens (primary N) is 2. The highest BCUT2D eigenvalue weighted by atomic mass is 14.5. The van der Waals surface area contributed by atoms with Crippen molar-refractivity contribution in [3.05, 3.63) is 45.5 Å². The molecule has 0 aliphatic carbocycles. The quantitative estimate of drug-likeness (QED) is 0.850. The van der Waals surface area contributed by atoms with Crippen LogP contribution in [-0.4, -0.2) is 0 Å². The molecule has 0 bridgehead atoms. The van der Waals surface area contributed by atoms with Crippen LogP contribution in [0.5, 0.6) is 0 Å². The number of hydrogen-bond acceptors (Lipinski definition) is 2. The van der Waals surface area contributed by atoms with E-state index < -0.39 is 0 Å². The fraction of sp³-hybridized carbons (Fsp3) is 0.375. The van der Waals surface area contributed by atoms with Crippen LogP contribution in [0.25, 0.3) is 10.8 Å².